The van der Waals surface area contributed by atoms with E-state index in [1.54, 1.807) is 19.1 Å². The van der Waals surface area contributed by atoms with Crippen molar-refractivity contribution < 1.29 is 13.2 Å². The summed E-state index contributed by atoms with van der Waals surface area (Å²) >= 11 is 0. The van der Waals surface area contributed by atoms with Gasteiger partial charge in [0.05, 0.1) is 17.2 Å². The largest absolute Gasteiger partial charge is 0.491 e. The van der Waals surface area contributed by atoms with E-state index in [2.05, 4.69) is 9.93 Å². The second-order valence-electron chi connectivity index (χ2n) is 5.86. The lowest BCUT2D eigenvalue weighted by atomic mass is 10.2. The van der Waals surface area contributed by atoms with Crippen LogP contribution in [0.2, 0.25) is 0 Å². The lowest BCUT2D eigenvalue weighted by Gasteiger charge is -2.09. The third-order valence-electron chi connectivity index (χ3n) is 3.26. The fraction of sp³-hybridized carbons (Fsp3) is 0.278. The minimum Gasteiger partial charge on any atom is -0.491 e. The maximum absolute atomic E-state index is 12.3. The van der Waals surface area contributed by atoms with E-state index in [-0.39, 0.29) is 11.0 Å². The van der Waals surface area contributed by atoms with Gasteiger partial charge in [-0.1, -0.05) is 17.7 Å². The Morgan fingerprint density at radius 3 is 2.33 bits per heavy atom. The van der Waals surface area contributed by atoms with Crippen molar-refractivity contribution in [2.45, 2.75) is 38.7 Å². The van der Waals surface area contributed by atoms with Crippen molar-refractivity contribution in [1.29, 1.82) is 0 Å². The first-order valence-corrected chi connectivity index (χ1v) is 9.15. The monoisotopic (exact) mass is 346 g/mol. The Morgan fingerprint density at radius 1 is 1.08 bits per heavy atom. The molecule has 2 aromatic carbocycles. The van der Waals surface area contributed by atoms with Crippen molar-refractivity contribution in [2.75, 3.05) is 0 Å². The smallest absolute Gasteiger partial charge is 0.276 e. The van der Waals surface area contributed by atoms with Gasteiger partial charge in [0.15, 0.2) is 0 Å². The molecule has 2 rings (SSSR count). The van der Waals surface area contributed by atoms with E-state index < -0.39 is 10.0 Å². The molecule has 0 saturated heterocycles. The van der Waals surface area contributed by atoms with Crippen molar-refractivity contribution in [1.82, 2.24) is 4.83 Å². The highest BCUT2D eigenvalue weighted by Crippen LogP contribution is 2.16. The summed E-state index contributed by atoms with van der Waals surface area (Å²) in [5.74, 6) is 0.762. The lowest BCUT2D eigenvalue weighted by molar-refractivity contribution is 0.242. The maximum Gasteiger partial charge on any atom is 0.276 e. The molecule has 24 heavy (non-hydrogen) atoms. The number of sulfonamides is 1. The van der Waals surface area contributed by atoms with Crippen LogP contribution in [0.15, 0.2) is 52.5 Å². The van der Waals surface area contributed by atoms with E-state index in [0.29, 0.717) is 5.56 Å². The molecule has 2 aromatic rings. The highest BCUT2D eigenvalue weighted by molar-refractivity contribution is 7.89. The predicted molar refractivity (Wildman–Crippen MR) is 96.0 cm³/mol. The van der Waals surface area contributed by atoms with Crippen LogP contribution in [0.1, 0.15) is 30.5 Å². The topological polar surface area (TPSA) is 67.8 Å². The molecule has 0 atom stereocenters. The predicted octanol–water partition coefficient (Wildman–Crippen LogP) is 3.40. The normalized spacial score (nSPS) is 11.9. The summed E-state index contributed by atoms with van der Waals surface area (Å²) < 4.78 is 30.1. The van der Waals surface area contributed by atoms with Gasteiger partial charge in [-0.15, -0.1) is 0 Å². The van der Waals surface area contributed by atoms with Crippen molar-refractivity contribution in [3.8, 4) is 5.75 Å². The van der Waals surface area contributed by atoms with E-state index >= 15 is 0 Å². The van der Waals surface area contributed by atoms with Gasteiger partial charge in [0, 0.05) is 0 Å². The first-order valence-electron chi connectivity index (χ1n) is 7.67. The third kappa shape index (κ3) is 4.83. The van der Waals surface area contributed by atoms with E-state index in [9.17, 15) is 8.42 Å². The van der Waals surface area contributed by atoms with Gasteiger partial charge in [0.2, 0.25) is 0 Å². The molecule has 6 heteroatoms. The van der Waals surface area contributed by atoms with Crippen LogP contribution < -0.4 is 9.57 Å². The second-order valence-corrected chi connectivity index (χ2v) is 7.49. The van der Waals surface area contributed by atoms with Gasteiger partial charge in [-0.25, -0.2) is 4.83 Å². The summed E-state index contributed by atoms with van der Waals surface area (Å²) in [6.07, 6.45) is 1.56. The Labute approximate surface area is 143 Å². The average molecular weight is 346 g/mol. The van der Waals surface area contributed by atoms with Gasteiger partial charge in [-0.3, -0.25) is 0 Å². The molecule has 5 nitrogen and oxygen atoms in total. The summed E-state index contributed by atoms with van der Waals surface area (Å²) in [4.78, 5) is 2.47. The third-order valence-corrected chi connectivity index (χ3v) is 4.64. The first kappa shape index (κ1) is 18.0. The fourth-order valence-electron chi connectivity index (χ4n) is 2.22. The number of hydrogen-bond donors (Lipinski definition) is 1. The van der Waals surface area contributed by atoms with Crippen LogP contribution in [0.3, 0.4) is 0 Å². The number of nitrogens with one attached hydrogen (secondary N) is 1. The Morgan fingerprint density at radius 2 is 1.75 bits per heavy atom. The summed E-state index contributed by atoms with van der Waals surface area (Å²) in [5, 5.41) is 3.84. The number of hydrazone groups is 1. The Balaban J connectivity index is 2.07. The average Bonchev–Trinajstić information content (AvgIpc) is 2.48. The van der Waals surface area contributed by atoms with Crippen LogP contribution >= 0.6 is 0 Å². The van der Waals surface area contributed by atoms with E-state index in [1.165, 1.54) is 6.21 Å². The van der Waals surface area contributed by atoms with Gasteiger partial charge < -0.3 is 4.74 Å². The summed E-state index contributed by atoms with van der Waals surface area (Å²) in [7, 11) is -3.67. The highest BCUT2D eigenvalue weighted by Gasteiger charge is 2.15. The number of benzene rings is 2. The van der Waals surface area contributed by atoms with Crippen LogP contribution in [-0.4, -0.2) is 20.7 Å². The Bertz CT molecular complexity index is 826. The van der Waals surface area contributed by atoms with Crippen LogP contribution in [0.4, 0.5) is 0 Å². The standard InChI is InChI=1S/C18H22N2O3S/c1-13(2)23-17-8-6-16(7-9-17)12-19-20-24(21,22)18-10-5-14(3)11-15(18)4/h5-13,20H,1-4H3/b19-12+. The zero-order valence-electron chi connectivity index (χ0n) is 14.3. The molecule has 0 aliphatic carbocycles. The molecule has 0 unspecified atom stereocenters. The molecule has 0 fully saturated rings. The van der Waals surface area contributed by atoms with Crippen molar-refractivity contribution in [3.63, 3.8) is 0 Å². The first-order chi connectivity index (χ1) is 11.3. The summed E-state index contributed by atoms with van der Waals surface area (Å²) in [5.41, 5.74) is 2.47. The van der Waals surface area contributed by atoms with E-state index in [4.69, 9.17) is 4.74 Å². The Hall–Kier alpha value is -2.34. The molecular formula is C18H22N2O3S. The highest BCUT2D eigenvalue weighted by atomic mass is 32.2. The lowest BCUT2D eigenvalue weighted by Crippen LogP contribution is -2.19. The molecule has 0 spiro atoms. The minimum absolute atomic E-state index is 0.106. The van der Waals surface area contributed by atoms with Crippen LogP contribution in [-0.2, 0) is 10.0 Å². The zero-order chi connectivity index (χ0) is 17.7. The SMILES string of the molecule is Cc1ccc(S(=O)(=O)N/N=C/c2ccc(OC(C)C)cc2)c(C)c1. The van der Waals surface area contributed by atoms with Gasteiger partial charge in [-0.05, 0) is 69.2 Å². The molecule has 1 N–H and O–H groups in total. The van der Waals surface area contributed by atoms with Gasteiger partial charge in [0.1, 0.15) is 5.75 Å². The van der Waals surface area contributed by atoms with Crippen molar-refractivity contribution in [2.24, 2.45) is 5.10 Å². The minimum atomic E-state index is -3.67. The number of rotatable bonds is 6. The molecule has 0 amide bonds. The molecule has 0 aromatic heterocycles. The molecule has 128 valence electrons. The molecule has 0 radical (unpaired) electrons. The Kier molecular flexibility index (Phi) is 5.62. The van der Waals surface area contributed by atoms with Crippen molar-refractivity contribution in [3.05, 3.63) is 59.2 Å². The van der Waals surface area contributed by atoms with Crippen LogP contribution in [0.25, 0.3) is 0 Å². The van der Waals surface area contributed by atoms with E-state index in [1.807, 2.05) is 51.1 Å². The number of ether oxygens (including phenoxy) is 1. The van der Waals surface area contributed by atoms with Gasteiger partial charge in [-0.2, -0.15) is 13.5 Å². The van der Waals surface area contributed by atoms with E-state index in [0.717, 1.165) is 16.9 Å². The molecular weight excluding hydrogens is 324 g/mol. The number of hydrogen-bond acceptors (Lipinski definition) is 4. The van der Waals surface area contributed by atoms with Crippen LogP contribution in [0, 0.1) is 13.8 Å². The quantitative estimate of drug-likeness (QED) is 0.644. The van der Waals surface area contributed by atoms with Gasteiger partial charge >= 0.3 is 0 Å². The molecule has 0 aliphatic rings. The summed E-state index contributed by atoms with van der Waals surface area (Å²) in [6, 6.07) is 12.4. The molecule has 0 saturated carbocycles. The maximum atomic E-state index is 12.3. The summed E-state index contributed by atoms with van der Waals surface area (Å²) in [6.45, 7) is 7.59. The molecule has 0 bridgehead atoms. The van der Waals surface area contributed by atoms with Crippen molar-refractivity contribution >= 4 is 16.2 Å². The van der Waals surface area contributed by atoms with Gasteiger partial charge in [0.25, 0.3) is 10.0 Å². The van der Waals surface area contributed by atoms with Crippen LogP contribution in [0.5, 0.6) is 5.75 Å². The number of aryl methyl sites for hydroxylation is 2. The molecule has 0 heterocycles. The number of nitrogens with zero attached hydrogens (tertiary/aromatic N) is 1. The zero-order valence-corrected chi connectivity index (χ0v) is 15.1. The molecule has 0 aliphatic heterocycles. The second kappa shape index (κ2) is 7.49. The fourth-order valence-corrected chi connectivity index (χ4v) is 3.24.